The number of rotatable bonds is 21. The van der Waals surface area contributed by atoms with Gasteiger partial charge in [-0.25, -0.2) is 0 Å². The second-order valence-corrected chi connectivity index (χ2v) is 23.3. The number of piperidine rings is 1. The van der Waals surface area contributed by atoms with Gasteiger partial charge in [-0.05, 0) is 77.6 Å². The SMILES string of the molecule is CCC(C)CCCCC/C=C\CC(=O)NC(CN)C(=O)NC1C(=O)N2CCCCC2C(=O)NC(C(C)C(=O)O)C(=O)NC(CC(=O)O)C(=O)NCC(=O)NC(CC(=O)O)C(=O)NCC(=O)NC(C(C)N)C(=O)NC(C(C)C)C(=O)N2CCCC2C(=O)NC1C.[Ca+2].[Ca+2]. The van der Waals surface area contributed by atoms with E-state index in [-0.39, 0.29) is 127 Å². The van der Waals surface area contributed by atoms with Crippen LogP contribution in [-0.2, 0) is 71.9 Å². The smallest absolute Gasteiger partial charge is 0.481 e. The molecule has 0 aromatic carbocycles. The van der Waals surface area contributed by atoms with Crippen LogP contribution in [0.25, 0.3) is 0 Å². The number of fused-ring (bicyclic) bond motifs is 2. The van der Waals surface area contributed by atoms with Crippen molar-refractivity contribution in [1.82, 2.24) is 63.0 Å². The van der Waals surface area contributed by atoms with Gasteiger partial charge in [0, 0.05) is 32.1 Å². The zero-order valence-electron chi connectivity index (χ0n) is 53.1. The van der Waals surface area contributed by atoms with E-state index in [1.165, 1.54) is 18.7 Å². The van der Waals surface area contributed by atoms with Crippen LogP contribution in [0.1, 0.15) is 138 Å². The quantitative estimate of drug-likeness (QED) is 0.0292. The first-order chi connectivity index (χ1) is 41.9. The molecule has 3 heterocycles. The summed E-state index contributed by atoms with van der Waals surface area (Å²) in [6, 6.07) is -17.6. The third kappa shape index (κ3) is 27.4. The van der Waals surface area contributed by atoms with E-state index < -0.39 is 200 Å². The molecular weight excluding hydrogens is 1250 g/mol. The fraction of sp³-hybridized carbons (Fsp3) is 0.702. The van der Waals surface area contributed by atoms with E-state index in [1.54, 1.807) is 19.9 Å². The Labute approximate surface area is 588 Å². The van der Waals surface area contributed by atoms with Gasteiger partial charge in [-0.15, -0.1) is 0 Å². The summed E-state index contributed by atoms with van der Waals surface area (Å²) in [6.07, 6.45) is 7.85. The number of carbonyl (C=O) groups is 15. The van der Waals surface area contributed by atoms with Gasteiger partial charge in [-0.1, -0.05) is 65.5 Å². The monoisotopic (exact) mass is 1340 g/mol. The first kappa shape index (κ1) is 83.2. The topological polar surface area (TPSA) is 496 Å². The first-order valence-corrected chi connectivity index (χ1v) is 30.3. The average molecular weight is 1340 g/mol. The van der Waals surface area contributed by atoms with Gasteiger partial charge in [0.1, 0.15) is 54.4 Å². The summed E-state index contributed by atoms with van der Waals surface area (Å²) in [5.74, 6) is -19.3. The minimum absolute atomic E-state index is 0. The second-order valence-electron chi connectivity index (χ2n) is 23.3. The summed E-state index contributed by atoms with van der Waals surface area (Å²) in [4.78, 5) is 206. The standard InChI is InChI=1S/C57H92N14O18.2Ca/c1-8-30(4)18-13-11-9-10-12-14-21-39(72)64-36(26-58)50(81)69-47-33(7)62-51(82)38-20-17-23-71(38)55(86)44(29(2)3)67-54(85)46(32(6)59)66-41(74)28-61-48(79)34(24-42(75)76)63-40(73)27-60-49(80)35(25-43(77)78)65-53(84)45(31(5)57(88)89)68-52(83)37-19-15-16-22-70(37)56(47)87;;/h12,14,29-38,44-47H,8-11,13,15-28,58-59H2,1-7H3,(H,60,80)(H,61,79)(H,62,82)(H,63,73)(H,64,72)(H,65,84)(H,66,74)(H,67,85)(H,68,83)(H,69,81)(H,75,76)(H,77,78)(H,88,89);;/q;2*+2/b14-12-;;. The number of nitrogens with two attached hydrogens (primary N) is 2. The van der Waals surface area contributed by atoms with Gasteiger partial charge >= 0.3 is 93.4 Å². The van der Waals surface area contributed by atoms with Crippen molar-refractivity contribution in [3.05, 3.63) is 12.2 Å². The Bertz CT molecular complexity index is 2620. The number of hydrogen-bond acceptors (Lipinski definition) is 17. The van der Waals surface area contributed by atoms with E-state index >= 15 is 4.79 Å². The normalized spacial score (nSPS) is 25.4. The number of carboxylic acid groups (broad SMARTS) is 3. The number of nitrogens with one attached hydrogen (secondary N) is 10. The number of carbonyl (C=O) groups excluding carboxylic acids is 12. The Morgan fingerprint density at radius 3 is 1.70 bits per heavy atom. The zero-order chi connectivity index (χ0) is 66.8. The van der Waals surface area contributed by atoms with Crippen LogP contribution < -0.4 is 64.6 Å². The van der Waals surface area contributed by atoms with Crippen LogP contribution in [0.2, 0.25) is 0 Å². The van der Waals surface area contributed by atoms with E-state index in [9.17, 15) is 82.4 Å². The molecule has 3 aliphatic rings. The van der Waals surface area contributed by atoms with Crippen LogP contribution in [0, 0.1) is 17.8 Å². The molecule has 3 aliphatic heterocycles. The van der Waals surface area contributed by atoms with E-state index in [0.717, 1.165) is 50.3 Å². The molecule has 17 N–H and O–H groups in total. The number of amides is 12. The van der Waals surface area contributed by atoms with Crippen LogP contribution in [-0.4, -0.2) is 289 Å². The molecule has 3 fully saturated rings. The van der Waals surface area contributed by atoms with Gasteiger partial charge in [0.05, 0.1) is 37.9 Å². The molecule has 0 saturated carbocycles. The number of unbranched alkanes of at least 4 members (excludes halogenated alkanes) is 3. The summed E-state index contributed by atoms with van der Waals surface area (Å²) in [7, 11) is 0. The maximum absolute atomic E-state index is 15.2. The molecule has 34 heteroatoms. The molecule has 0 radical (unpaired) electrons. The molecule has 13 atom stereocenters. The van der Waals surface area contributed by atoms with Crippen LogP contribution >= 0.6 is 0 Å². The van der Waals surface area contributed by atoms with Gasteiger partial charge < -0.3 is 89.8 Å². The fourth-order valence-electron chi connectivity index (χ4n) is 10.2. The van der Waals surface area contributed by atoms with Crippen molar-refractivity contribution < 1.29 is 87.2 Å². The summed E-state index contributed by atoms with van der Waals surface area (Å²) in [5, 5.41) is 52.8. The van der Waals surface area contributed by atoms with Crippen LogP contribution in [0.3, 0.4) is 0 Å². The summed E-state index contributed by atoms with van der Waals surface area (Å²) in [6.45, 7) is 8.56. The summed E-state index contributed by atoms with van der Waals surface area (Å²) in [5.41, 5.74) is 12.1. The molecule has 498 valence electrons. The maximum Gasteiger partial charge on any atom is 2.00 e. The number of aliphatic carboxylic acids is 3. The number of hydrogen-bond donors (Lipinski definition) is 15. The van der Waals surface area contributed by atoms with Crippen LogP contribution in [0.4, 0.5) is 0 Å². The molecular formula is C57H92Ca2N14O18+4. The van der Waals surface area contributed by atoms with E-state index in [1.807, 2.05) is 11.4 Å². The van der Waals surface area contributed by atoms with E-state index in [2.05, 4.69) is 61.7 Å². The van der Waals surface area contributed by atoms with Crippen molar-refractivity contribution >= 4 is 164 Å². The summed E-state index contributed by atoms with van der Waals surface area (Å²) < 4.78 is 0. The van der Waals surface area contributed by atoms with Gasteiger partial charge in [-0.3, -0.25) is 71.9 Å². The van der Waals surface area contributed by atoms with Gasteiger partial charge in [-0.2, -0.15) is 0 Å². The Kier molecular flexibility index (Phi) is 38.2. The molecule has 32 nitrogen and oxygen atoms in total. The minimum atomic E-state index is -2.10. The predicted molar refractivity (Wildman–Crippen MR) is 328 cm³/mol. The van der Waals surface area contributed by atoms with Crippen molar-refractivity contribution in [2.24, 2.45) is 29.2 Å². The van der Waals surface area contributed by atoms with Crippen molar-refractivity contribution in [1.29, 1.82) is 0 Å². The molecule has 3 saturated heterocycles. The third-order valence-corrected chi connectivity index (χ3v) is 15.7. The van der Waals surface area contributed by atoms with Crippen LogP contribution in [0.15, 0.2) is 12.2 Å². The first-order valence-electron chi connectivity index (χ1n) is 30.3. The second kappa shape index (κ2) is 41.7. The molecule has 3 rings (SSSR count). The van der Waals surface area contributed by atoms with Crippen LogP contribution in [0.5, 0.6) is 0 Å². The van der Waals surface area contributed by atoms with Crippen molar-refractivity contribution in [2.45, 2.75) is 205 Å². The summed E-state index contributed by atoms with van der Waals surface area (Å²) >= 11 is 0. The predicted octanol–water partition coefficient (Wildman–Crippen LogP) is -4.68. The average Bonchev–Trinajstić information content (AvgIpc) is 1.79. The van der Waals surface area contributed by atoms with E-state index in [4.69, 9.17) is 11.5 Å². The number of allylic oxidation sites excluding steroid dienone is 1. The van der Waals surface area contributed by atoms with E-state index in [0.29, 0.717) is 5.92 Å². The van der Waals surface area contributed by atoms with Gasteiger partial charge in [0.15, 0.2) is 0 Å². The Morgan fingerprint density at radius 1 is 0.626 bits per heavy atom. The molecule has 0 aromatic rings. The fourth-order valence-corrected chi connectivity index (χ4v) is 10.2. The molecule has 0 spiro atoms. The number of nitrogens with zero attached hydrogens (tertiary/aromatic N) is 2. The van der Waals surface area contributed by atoms with Crippen molar-refractivity contribution in [2.75, 3.05) is 32.7 Å². The maximum atomic E-state index is 15.2. The van der Waals surface area contributed by atoms with Gasteiger partial charge in [0.25, 0.3) is 0 Å². The van der Waals surface area contributed by atoms with Crippen molar-refractivity contribution in [3.8, 4) is 0 Å². The van der Waals surface area contributed by atoms with Gasteiger partial charge in [0.2, 0.25) is 70.9 Å². The minimum Gasteiger partial charge on any atom is -0.481 e. The molecule has 0 aliphatic carbocycles. The molecule has 12 amide bonds. The molecule has 13 unspecified atom stereocenters. The van der Waals surface area contributed by atoms with Crippen molar-refractivity contribution in [3.63, 3.8) is 0 Å². The molecule has 0 aromatic heterocycles. The largest absolute Gasteiger partial charge is 2.00 e. The Hall–Kier alpha value is -5.77. The number of carboxylic acids is 3. The zero-order valence-corrected chi connectivity index (χ0v) is 57.5. The Balaban J connectivity index is 0.0000207. The Morgan fingerprint density at radius 2 is 1.15 bits per heavy atom. The third-order valence-electron chi connectivity index (χ3n) is 15.7. The molecule has 91 heavy (non-hydrogen) atoms. The molecule has 0 bridgehead atoms.